The first-order chi connectivity index (χ1) is 8.00. The molecule has 0 unspecified atom stereocenters. The Bertz CT molecular complexity index is 492. The summed E-state index contributed by atoms with van der Waals surface area (Å²) in [7, 11) is 0. The third-order valence-electron chi connectivity index (χ3n) is 3.24. The zero-order valence-electron chi connectivity index (χ0n) is 8.82. The largest absolute Gasteiger partial charge is 0.274 e. The number of imide groups is 1. The minimum Gasteiger partial charge on any atom is -0.274 e. The summed E-state index contributed by atoms with van der Waals surface area (Å²) in [5, 5.41) is 0. The van der Waals surface area contributed by atoms with Crippen LogP contribution < -0.4 is 0 Å². The van der Waals surface area contributed by atoms with Crippen molar-refractivity contribution in [3.05, 3.63) is 35.4 Å². The first-order valence-electron chi connectivity index (χ1n) is 5.34. The van der Waals surface area contributed by atoms with Gasteiger partial charge in [-0.1, -0.05) is 12.1 Å². The molecule has 0 radical (unpaired) electrons. The van der Waals surface area contributed by atoms with Gasteiger partial charge in [-0.05, 0) is 18.6 Å². The predicted octanol–water partition coefficient (Wildman–Crippen LogP) is 2.48. The van der Waals surface area contributed by atoms with Gasteiger partial charge in [0.25, 0.3) is 11.8 Å². The van der Waals surface area contributed by atoms with Crippen molar-refractivity contribution in [2.75, 3.05) is 6.54 Å². The van der Waals surface area contributed by atoms with Crippen LogP contribution in [0.2, 0.25) is 0 Å². The molecule has 0 spiro atoms. The number of nitrogens with zero attached hydrogens (tertiary/aromatic N) is 1. The van der Waals surface area contributed by atoms with E-state index in [0.29, 0.717) is 24.1 Å². The number of carbonyl (C=O) groups excluding carboxylic acids is 2. The van der Waals surface area contributed by atoms with Crippen LogP contribution in [0.15, 0.2) is 24.3 Å². The lowest BCUT2D eigenvalue weighted by Gasteiger charge is -2.13. The van der Waals surface area contributed by atoms with Gasteiger partial charge in [-0.3, -0.25) is 14.5 Å². The van der Waals surface area contributed by atoms with Crippen LogP contribution >= 0.6 is 23.2 Å². The van der Waals surface area contributed by atoms with Crippen molar-refractivity contribution in [3.63, 3.8) is 0 Å². The molecule has 1 atom stereocenters. The number of halogens is 2. The minimum absolute atomic E-state index is 0.00644. The van der Waals surface area contributed by atoms with Gasteiger partial charge in [-0.15, -0.1) is 23.2 Å². The monoisotopic (exact) mass is 269 g/mol. The fourth-order valence-electron chi connectivity index (χ4n) is 2.09. The molecule has 1 aliphatic carbocycles. The fraction of sp³-hybridized carbons (Fsp3) is 0.333. The summed E-state index contributed by atoms with van der Waals surface area (Å²) < 4.78 is -0.769. The summed E-state index contributed by atoms with van der Waals surface area (Å²) >= 11 is 11.8. The van der Waals surface area contributed by atoms with E-state index in [1.165, 1.54) is 4.90 Å². The maximum absolute atomic E-state index is 12.0. The Hall–Kier alpha value is -1.06. The molecule has 0 N–H and O–H groups in total. The van der Waals surface area contributed by atoms with Crippen molar-refractivity contribution in [3.8, 4) is 0 Å². The summed E-state index contributed by atoms with van der Waals surface area (Å²) in [6.07, 6.45) is 0.628. The van der Waals surface area contributed by atoms with Gasteiger partial charge in [0, 0.05) is 12.5 Å². The number of rotatable bonds is 2. The highest BCUT2D eigenvalue weighted by Gasteiger charge is 2.54. The lowest BCUT2D eigenvalue weighted by atomic mass is 10.1. The first kappa shape index (κ1) is 11.1. The molecule has 88 valence electrons. The fourth-order valence-corrected chi connectivity index (χ4v) is 2.60. The number of benzene rings is 1. The van der Waals surface area contributed by atoms with Crippen LogP contribution in [0.1, 0.15) is 27.1 Å². The summed E-state index contributed by atoms with van der Waals surface area (Å²) in [4.78, 5) is 25.2. The second-order valence-electron chi connectivity index (χ2n) is 4.43. The van der Waals surface area contributed by atoms with Crippen LogP contribution in [0.4, 0.5) is 0 Å². The molecule has 1 aromatic carbocycles. The standard InChI is InChI=1S/C12H9Cl2NO2/c13-12(14)5-7(12)6-15-10(16)8-3-1-2-4-9(8)11(15)17/h1-4,7H,5-6H2/t7-/m0/s1. The number of carbonyl (C=O) groups is 2. The second-order valence-corrected chi connectivity index (χ2v) is 5.97. The van der Waals surface area contributed by atoms with Crippen molar-refractivity contribution in [1.82, 2.24) is 4.90 Å². The SMILES string of the molecule is O=C1c2ccccc2C(=O)N1C[C@@H]1CC1(Cl)Cl. The van der Waals surface area contributed by atoms with Crippen LogP contribution in [0, 0.1) is 5.92 Å². The third kappa shape index (κ3) is 1.65. The van der Waals surface area contributed by atoms with Crippen molar-refractivity contribution in [2.45, 2.75) is 10.8 Å². The Labute approximate surface area is 108 Å². The predicted molar refractivity (Wildman–Crippen MR) is 64.4 cm³/mol. The Morgan fingerprint density at radius 2 is 1.65 bits per heavy atom. The lowest BCUT2D eigenvalue weighted by Crippen LogP contribution is -2.32. The molecular formula is C12H9Cl2NO2. The smallest absolute Gasteiger partial charge is 0.261 e. The molecule has 5 heteroatoms. The van der Waals surface area contributed by atoms with Gasteiger partial charge in [0.05, 0.1) is 11.1 Å². The number of hydrogen-bond donors (Lipinski definition) is 0. The molecule has 1 aliphatic heterocycles. The van der Waals surface area contributed by atoms with E-state index in [4.69, 9.17) is 23.2 Å². The normalized spacial score (nSPS) is 25.1. The molecule has 1 heterocycles. The molecule has 17 heavy (non-hydrogen) atoms. The summed E-state index contributed by atoms with van der Waals surface area (Å²) in [6.45, 7) is 0.305. The van der Waals surface area contributed by atoms with Crippen molar-refractivity contribution < 1.29 is 9.59 Å². The molecule has 2 amide bonds. The first-order valence-corrected chi connectivity index (χ1v) is 6.09. The average Bonchev–Trinajstić information content (AvgIpc) is 2.84. The van der Waals surface area contributed by atoms with Gasteiger partial charge in [-0.2, -0.15) is 0 Å². The maximum Gasteiger partial charge on any atom is 0.261 e. The molecule has 0 saturated heterocycles. The van der Waals surface area contributed by atoms with Gasteiger partial charge >= 0.3 is 0 Å². The molecule has 3 rings (SSSR count). The van der Waals surface area contributed by atoms with Crippen molar-refractivity contribution >= 4 is 35.0 Å². The van der Waals surface area contributed by atoms with Crippen molar-refractivity contribution in [1.29, 1.82) is 0 Å². The topological polar surface area (TPSA) is 37.4 Å². The van der Waals surface area contributed by atoms with Gasteiger partial charge in [0.1, 0.15) is 4.33 Å². The Kier molecular flexibility index (Phi) is 2.25. The van der Waals surface area contributed by atoms with E-state index in [2.05, 4.69) is 0 Å². The van der Waals surface area contributed by atoms with Crippen LogP contribution in [0.25, 0.3) is 0 Å². The number of amides is 2. The van der Waals surface area contributed by atoms with Crippen molar-refractivity contribution in [2.24, 2.45) is 5.92 Å². The Balaban J connectivity index is 1.86. The van der Waals surface area contributed by atoms with Crippen LogP contribution in [0.5, 0.6) is 0 Å². The van der Waals surface area contributed by atoms with Gasteiger partial charge in [0.2, 0.25) is 0 Å². The van der Waals surface area contributed by atoms with Crippen LogP contribution in [-0.2, 0) is 0 Å². The highest BCUT2D eigenvalue weighted by Crippen LogP contribution is 2.53. The lowest BCUT2D eigenvalue weighted by molar-refractivity contribution is 0.0646. The van der Waals surface area contributed by atoms with E-state index in [0.717, 1.165) is 0 Å². The van der Waals surface area contributed by atoms with Gasteiger partial charge < -0.3 is 0 Å². The zero-order valence-corrected chi connectivity index (χ0v) is 10.3. The highest BCUT2D eigenvalue weighted by molar-refractivity contribution is 6.50. The Morgan fingerprint density at radius 3 is 2.06 bits per heavy atom. The van der Waals surface area contributed by atoms with E-state index in [1.54, 1.807) is 24.3 Å². The molecule has 1 fully saturated rings. The van der Waals surface area contributed by atoms with E-state index in [-0.39, 0.29) is 17.7 Å². The number of hydrogen-bond acceptors (Lipinski definition) is 2. The molecular weight excluding hydrogens is 261 g/mol. The summed E-state index contributed by atoms with van der Waals surface area (Å²) in [5.74, 6) is -0.503. The summed E-state index contributed by atoms with van der Waals surface area (Å²) in [5.41, 5.74) is 0.931. The molecule has 0 aromatic heterocycles. The summed E-state index contributed by atoms with van der Waals surface area (Å²) in [6, 6.07) is 6.82. The second kappa shape index (κ2) is 3.47. The van der Waals surface area contributed by atoms with E-state index in [1.807, 2.05) is 0 Å². The average molecular weight is 270 g/mol. The van der Waals surface area contributed by atoms with Gasteiger partial charge in [-0.25, -0.2) is 0 Å². The highest BCUT2D eigenvalue weighted by atomic mass is 35.5. The van der Waals surface area contributed by atoms with E-state index in [9.17, 15) is 9.59 Å². The Morgan fingerprint density at radius 1 is 1.18 bits per heavy atom. The number of alkyl halides is 2. The van der Waals surface area contributed by atoms with Crippen LogP contribution in [0.3, 0.4) is 0 Å². The minimum atomic E-state index is -0.769. The molecule has 2 aliphatic rings. The maximum atomic E-state index is 12.0. The van der Waals surface area contributed by atoms with E-state index >= 15 is 0 Å². The van der Waals surface area contributed by atoms with Crippen LogP contribution in [-0.4, -0.2) is 27.6 Å². The third-order valence-corrected chi connectivity index (χ3v) is 4.16. The van der Waals surface area contributed by atoms with Gasteiger partial charge in [0.15, 0.2) is 0 Å². The molecule has 1 saturated carbocycles. The zero-order chi connectivity index (χ0) is 12.2. The molecule has 0 bridgehead atoms. The van der Waals surface area contributed by atoms with E-state index < -0.39 is 4.33 Å². The quantitative estimate of drug-likeness (QED) is 0.611. The molecule has 3 nitrogen and oxygen atoms in total. The number of fused-ring (bicyclic) bond motifs is 1. The molecule has 1 aromatic rings.